The van der Waals surface area contributed by atoms with Gasteiger partial charge in [0, 0.05) is 12.1 Å². The number of benzene rings is 2. The van der Waals surface area contributed by atoms with Crippen molar-refractivity contribution in [2.45, 2.75) is 6.10 Å². The van der Waals surface area contributed by atoms with Crippen LogP contribution in [-0.4, -0.2) is 35.9 Å². The van der Waals surface area contributed by atoms with Gasteiger partial charge in [-0.2, -0.15) is 0 Å². The standard InChI is InChI=1S/C17H19NO2/c1-18(12-16(19)14-8-4-2-5-9-14)13-17(20)15-10-6-3-7-11-15/h2-11,16,19H,12-13H2,1H3. The highest BCUT2D eigenvalue weighted by molar-refractivity contribution is 5.97. The van der Waals surface area contributed by atoms with E-state index in [9.17, 15) is 9.90 Å². The topological polar surface area (TPSA) is 40.5 Å². The average Bonchev–Trinajstić information content (AvgIpc) is 2.49. The minimum absolute atomic E-state index is 0.0633. The Kier molecular flexibility index (Phi) is 5.04. The second-order valence-electron chi connectivity index (χ2n) is 4.91. The molecule has 1 atom stereocenters. The molecule has 0 radical (unpaired) electrons. The second-order valence-corrected chi connectivity index (χ2v) is 4.91. The van der Waals surface area contributed by atoms with E-state index in [0.717, 1.165) is 5.56 Å². The molecule has 2 rings (SSSR count). The number of Topliss-reactive ketones (excluding diaryl/α,β-unsaturated/α-hetero) is 1. The lowest BCUT2D eigenvalue weighted by Crippen LogP contribution is -2.30. The minimum Gasteiger partial charge on any atom is -0.387 e. The first-order chi connectivity index (χ1) is 9.66. The second kappa shape index (κ2) is 6.98. The van der Waals surface area contributed by atoms with Gasteiger partial charge in [0.1, 0.15) is 0 Å². The molecular weight excluding hydrogens is 250 g/mol. The third-order valence-corrected chi connectivity index (χ3v) is 3.18. The summed E-state index contributed by atoms with van der Waals surface area (Å²) in [6.07, 6.45) is -0.579. The van der Waals surface area contributed by atoms with Gasteiger partial charge in [0.05, 0.1) is 12.6 Å². The Morgan fingerprint density at radius 1 is 1.05 bits per heavy atom. The van der Waals surface area contributed by atoms with E-state index in [1.54, 1.807) is 0 Å². The summed E-state index contributed by atoms with van der Waals surface area (Å²) >= 11 is 0. The van der Waals surface area contributed by atoms with Crippen LogP contribution in [0.4, 0.5) is 0 Å². The van der Waals surface area contributed by atoms with Crippen LogP contribution in [0.5, 0.6) is 0 Å². The molecule has 1 unspecified atom stereocenters. The Balaban J connectivity index is 1.90. The predicted molar refractivity (Wildman–Crippen MR) is 79.7 cm³/mol. The number of aliphatic hydroxyl groups is 1. The van der Waals surface area contributed by atoms with Gasteiger partial charge < -0.3 is 5.11 Å². The lowest BCUT2D eigenvalue weighted by Gasteiger charge is -2.20. The summed E-state index contributed by atoms with van der Waals surface area (Å²) in [5.41, 5.74) is 1.57. The van der Waals surface area contributed by atoms with Gasteiger partial charge in [-0.05, 0) is 12.6 Å². The van der Waals surface area contributed by atoms with Crippen LogP contribution in [0.15, 0.2) is 60.7 Å². The molecule has 20 heavy (non-hydrogen) atoms. The Morgan fingerprint density at radius 3 is 2.20 bits per heavy atom. The number of nitrogens with zero attached hydrogens (tertiary/aromatic N) is 1. The monoisotopic (exact) mass is 269 g/mol. The van der Waals surface area contributed by atoms with Crippen LogP contribution in [0, 0.1) is 0 Å². The maximum Gasteiger partial charge on any atom is 0.176 e. The van der Waals surface area contributed by atoms with Crippen molar-refractivity contribution in [2.24, 2.45) is 0 Å². The van der Waals surface area contributed by atoms with E-state index in [2.05, 4.69) is 0 Å². The molecule has 3 nitrogen and oxygen atoms in total. The molecule has 2 aromatic rings. The highest BCUT2D eigenvalue weighted by Gasteiger charge is 2.13. The fraction of sp³-hybridized carbons (Fsp3) is 0.235. The first-order valence-electron chi connectivity index (χ1n) is 6.66. The number of aliphatic hydroxyl groups excluding tert-OH is 1. The van der Waals surface area contributed by atoms with Gasteiger partial charge in [0.25, 0.3) is 0 Å². The average molecular weight is 269 g/mol. The normalized spacial score (nSPS) is 12.3. The molecule has 104 valence electrons. The summed E-state index contributed by atoms with van der Waals surface area (Å²) in [5.74, 6) is 0.0633. The third-order valence-electron chi connectivity index (χ3n) is 3.18. The van der Waals surface area contributed by atoms with E-state index in [0.29, 0.717) is 18.7 Å². The Hall–Kier alpha value is -1.97. The molecule has 0 heterocycles. The number of hydrogen-bond donors (Lipinski definition) is 1. The van der Waals surface area contributed by atoms with Crippen molar-refractivity contribution in [3.8, 4) is 0 Å². The van der Waals surface area contributed by atoms with Crippen LogP contribution in [0.25, 0.3) is 0 Å². The molecule has 0 aliphatic rings. The molecule has 1 N–H and O–H groups in total. The molecule has 0 amide bonds. The number of hydrogen-bond acceptors (Lipinski definition) is 3. The molecule has 0 saturated carbocycles. The zero-order valence-corrected chi connectivity index (χ0v) is 11.6. The minimum atomic E-state index is -0.579. The van der Waals surface area contributed by atoms with Gasteiger partial charge in [-0.1, -0.05) is 60.7 Å². The van der Waals surface area contributed by atoms with Gasteiger partial charge in [0.15, 0.2) is 5.78 Å². The van der Waals surface area contributed by atoms with Gasteiger partial charge in [-0.3, -0.25) is 9.69 Å². The van der Waals surface area contributed by atoms with E-state index < -0.39 is 6.10 Å². The van der Waals surface area contributed by atoms with Crippen LogP contribution in [0.2, 0.25) is 0 Å². The molecule has 0 fully saturated rings. The van der Waals surface area contributed by atoms with E-state index in [-0.39, 0.29) is 5.78 Å². The Morgan fingerprint density at radius 2 is 1.60 bits per heavy atom. The Bertz CT molecular complexity index is 539. The SMILES string of the molecule is CN(CC(=O)c1ccccc1)CC(O)c1ccccc1. The highest BCUT2D eigenvalue weighted by Crippen LogP contribution is 2.13. The summed E-state index contributed by atoms with van der Waals surface area (Å²) in [4.78, 5) is 13.9. The van der Waals surface area contributed by atoms with Gasteiger partial charge in [-0.25, -0.2) is 0 Å². The van der Waals surface area contributed by atoms with Crippen molar-refractivity contribution >= 4 is 5.78 Å². The fourth-order valence-corrected chi connectivity index (χ4v) is 2.10. The van der Waals surface area contributed by atoms with Crippen LogP contribution in [0.1, 0.15) is 22.0 Å². The lowest BCUT2D eigenvalue weighted by atomic mass is 10.1. The lowest BCUT2D eigenvalue weighted by molar-refractivity contribution is 0.0882. The van der Waals surface area contributed by atoms with E-state index in [1.165, 1.54) is 0 Å². The van der Waals surface area contributed by atoms with Gasteiger partial charge in [0.2, 0.25) is 0 Å². The maximum absolute atomic E-state index is 12.0. The third kappa shape index (κ3) is 4.02. The number of carbonyl (C=O) groups excluding carboxylic acids is 1. The first kappa shape index (κ1) is 14.4. The molecule has 0 aliphatic heterocycles. The summed E-state index contributed by atoms with van der Waals surface area (Å²) < 4.78 is 0. The van der Waals surface area contributed by atoms with Crippen molar-refractivity contribution < 1.29 is 9.90 Å². The van der Waals surface area contributed by atoms with Gasteiger partial charge >= 0.3 is 0 Å². The summed E-state index contributed by atoms with van der Waals surface area (Å²) in [7, 11) is 1.84. The van der Waals surface area contributed by atoms with Crippen molar-refractivity contribution in [3.63, 3.8) is 0 Å². The number of rotatable bonds is 6. The molecule has 0 aromatic heterocycles. The smallest absolute Gasteiger partial charge is 0.176 e. The first-order valence-corrected chi connectivity index (χ1v) is 6.66. The summed E-state index contributed by atoms with van der Waals surface area (Å²) in [6.45, 7) is 0.733. The van der Waals surface area contributed by atoms with E-state index in [1.807, 2.05) is 72.6 Å². The molecule has 3 heteroatoms. The molecular formula is C17H19NO2. The predicted octanol–water partition coefficient (Wildman–Crippen LogP) is 2.53. The van der Waals surface area contributed by atoms with Gasteiger partial charge in [-0.15, -0.1) is 0 Å². The van der Waals surface area contributed by atoms with Crippen molar-refractivity contribution in [3.05, 3.63) is 71.8 Å². The summed E-state index contributed by atoms with van der Waals surface area (Å²) in [5, 5.41) is 10.1. The number of carbonyl (C=O) groups is 1. The zero-order chi connectivity index (χ0) is 14.4. The van der Waals surface area contributed by atoms with Crippen LogP contribution < -0.4 is 0 Å². The molecule has 2 aromatic carbocycles. The number of ketones is 1. The van der Waals surface area contributed by atoms with E-state index in [4.69, 9.17) is 0 Å². The van der Waals surface area contributed by atoms with Crippen molar-refractivity contribution in [1.29, 1.82) is 0 Å². The van der Waals surface area contributed by atoms with Crippen LogP contribution in [0.3, 0.4) is 0 Å². The molecule has 0 saturated heterocycles. The fourth-order valence-electron chi connectivity index (χ4n) is 2.10. The van der Waals surface area contributed by atoms with Crippen molar-refractivity contribution in [1.82, 2.24) is 4.90 Å². The van der Waals surface area contributed by atoms with Crippen LogP contribution >= 0.6 is 0 Å². The van der Waals surface area contributed by atoms with Crippen molar-refractivity contribution in [2.75, 3.05) is 20.1 Å². The number of likely N-dealkylation sites (N-methyl/N-ethyl adjacent to an activating group) is 1. The highest BCUT2D eigenvalue weighted by atomic mass is 16.3. The van der Waals surface area contributed by atoms with E-state index >= 15 is 0 Å². The largest absolute Gasteiger partial charge is 0.387 e. The Labute approximate surface area is 119 Å². The molecule has 0 bridgehead atoms. The van der Waals surface area contributed by atoms with Crippen LogP contribution in [-0.2, 0) is 0 Å². The molecule has 0 aliphatic carbocycles. The summed E-state index contributed by atoms with van der Waals surface area (Å²) in [6, 6.07) is 18.7. The quantitative estimate of drug-likeness (QED) is 0.819. The maximum atomic E-state index is 12.0. The zero-order valence-electron chi connectivity index (χ0n) is 11.6. The molecule has 0 spiro atoms.